The van der Waals surface area contributed by atoms with Crippen molar-refractivity contribution in [2.75, 3.05) is 13.7 Å². The highest BCUT2D eigenvalue weighted by molar-refractivity contribution is 5.82. The average Bonchev–Trinajstić information content (AvgIpc) is 2.34. The Kier molecular flexibility index (Phi) is 4.02. The molecule has 98 valence electrons. The van der Waals surface area contributed by atoms with Gasteiger partial charge in [0.1, 0.15) is 0 Å². The second-order valence-electron chi connectivity index (χ2n) is 4.65. The highest BCUT2D eigenvalue weighted by Crippen LogP contribution is 2.45. The van der Waals surface area contributed by atoms with E-state index in [0.29, 0.717) is 6.61 Å². The van der Waals surface area contributed by atoms with Gasteiger partial charge in [0.25, 0.3) is 0 Å². The first-order valence-electron chi connectivity index (χ1n) is 6.53. The van der Waals surface area contributed by atoms with Crippen LogP contribution < -0.4 is 0 Å². The smallest absolute Gasteiger partial charge is 0.343 e. The zero-order valence-electron chi connectivity index (χ0n) is 11.0. The van der Waals surface area contributed by atoms with Gasteiger partial charge < -0.3 is 9.47 Å². The number of hydrogen-bond donors (Lipinski definition) is 0. The van der Waals surface area contributed by atoms with Crippen LogP contribution in [0.4, 0.5) is 0 Å². The number of carbonyl (C=O) groups is 1. The molecule has 1 aliphatic carbocycles. The summed E-state index contributed by atoms with van der Waals surface area (Å²) in [7, 11) is 1.60. The number of carbonyl (C=O) groups excluding carboxylic acids is 1. The highest BCUT2D eigenvalue weighted by atomic mass is 16.6. The number of hydrogen-bond acceptors (Lipinski definition) is 3. The second kappa shape index (κ2) is 5.53. The molecule has 2 rings (SSSR count). The number of esters is 1. The third kappa shape index (κ3) is 2.03. The van der Waals surface area contributed by atoms with Gasteiger partial charge in [0.05, 0.1) is 6.61 Å². The largest absolute Gasteiger partial charge is 0.464 e. The Hall–Kier alpha value is -1.35. The van der Waals surface area contributed by atoms with Crippen molar-refractivity contribution in [3.05, 3.63) is 35.9 Å². The van der Waals surface area contributed by atoms with E-state index in [0.717, 1.165) is 24.8 Å². The molecule has 0 spiro atoms. The summed E-state index contributed by atoms with van der Waals surface area (Å²) in [5.74, 6) is -0.0349. The van der Waals surface area contributed by atoms with Gasteiger partial charge in [0, 0.05) is 13.0 Å². The third-order valence-corrected chi connectivity index (χ3v) is 3.78. The minimum absolute atomic E-state index is 0.226. The van der Waals surface area contributed by atoms with Gasteiger partial charge in [-0.05, 0) is 25.3 Å². The molecule has 0 saturated heterocycles. The molecule has 0 radical (unpaired) electrons. The monoisotopic (exact) mass is 248 g/mol. The minimum Gasteiger partial charge on any atom is -0.464 e. The van der Waals surface area contributed by atoms with Gasteiger partial charge in [0.2, 0.25) is 0 Å². The molecule has 3 heteroatoms. The molecule has 0 N–H and O–H groups in total. The van der Waals surface area contributed by atoms with Gasteiger partial charge >= 0.3 is 5.97 Å². The van der Waals surface area contributed by atoms with Crippen LogP contribution >= 0.6 is 0 Å². The van der Waals surface area contributed by atoms with Crippen molar-refractivity contribution in [1.29, 1.82) is 0 Å². The van der Waals surface area contributed by atoms with E-state index in [1.807, 2.05) is 37.3 Å². The Labute approximate surface area is 108 Å². The zero-order chi connectivity index (χ0) is 13.0. The number of benzene rings is 1. The molecule has 1 aromatic rings. The molecule has 0 aromatic heterocycles. The Morgan fingerprint density at radius 3 is 2.44 bits per heavy atom. The summed E-state index contributed by atoms with van der Waals surface area (Å²) in [5, 5.41) is 0. The van der Waals surface area contributed by atoms with Crippen LogP contribution in [0.15, 0.2) is 30.3 Å². The lowest BCUT2D eigenvalue weighted by Gasteiger charge is -2.42. The normalized spacial score (nSPS) is 18.8. The second-order valence-corrected chi connectivity index (χ2v) is 4.65. The molecular formula is C15H20O3. The van der Waals surface area contributed by atoms with Crippen molar-refractivity contribution in [3.63, 3.8) is 0 Å². The Bertz CT molecular complexity index is 397. The van der Waals surface area contributed by atoms with E-state index in [2.05, 4.69) is 0 Å². The Morgan fingerprint density at radius 1 is 1.33 bits per heavy atom. The first-order chi connectivity index (χ1) is 8.75. The molecule has 1 atom stereocenters. The summed E-state index contributed by atoms with van der Waals surface area (Å²) in [6.45, 7) is 2.20. The predicted molar refractivity (Wildman–Crippen MR) is 69.1 cm³/mol. The first-order valence-corrected chi connectivity index (χ1v) is 6.53. The zero-order valence-corrected chi connectivity index (χ0v) is 11.0. The molecule has 1 unspecified atom stereocenters. The van der Waals surface area contributed by atoms with Gasteiger partial charge in [-0.15, -0.1) is 0 Å². The number of methoxy groups -OCH3 is 1. The summed E-state index contributed by atoms with van der Waals surface area (Å²) < 4.78 is 10.9. The fourth-order valence-corrected chi connectivity index (χ4v) is 2.63. The maximum atomic E-state index is 12.4. The molecule has 0 bridgehead atoms. The van der Waals surface area contributed by atoms with Crippen LogP contribution in [0, 0.1) is 5.92 Å². The van der Waals surface area contributed by atoms with E-state index in [4.69, 9.17) is 9.47 Å². The SMILES string of the molecule is CCOC(=O)C(OC)(c1ccccc1)C1CCC1. The maximum Gasteiger partial charge on any atom is 0.343 e. The lowest BCUT2D eigenvalue weighted by atomic mass is 9.69. The molecule has 18 heavy (non-hydrogen) atoms. The van der Waals surface area contributed by atoms with Crippen LogP contribution in [0.25, 0.3) is 0 Å². The van der Waals surface area contributed by atoms with Crippen molar-refractivity contribution in [3.8, 4) is 0 Å². The van der Waals surface area contributed by atoms with Crippen LogP contribution in [-0.2, 0) is 19.9 Å². The predicted octanol–water partition coefficient (Wildman–Crippen LogP) is 2.89. The molecular weight excluding hydrogens is 228 g/mol. The quantitative estimate of drug-likeness (QED) is 0.752. The van der Waals surface area contributed by atoms with Gasteiger partial charge in [-0.1, -0.05) is 36.8 Å². The van der Waals surface area contributed by atoms with Crippen molar-refractivity contribution in [2.45, 2.75) is 31.8 Å². The van der Waals surface area contributed by atoms with E-state index >= 15 is 0 Å². The summed E-state index contributed by atoms with van der Waals surface area (Å²) in [6.07, 6.45) is 3.19. The molecule has 3 nitrogen and oxygen atoms in total. The summed E-state index contributed by atoms with van der Waals surface area (Å²) >= 11 is 0. The molecule has 1 fully saturated rings. The van der Waals surface area contributed by atoms with Crippen LogP contribution in [0.3, 0.4) is 0 Å². The van der Waals surface area contributed by atoms with Crippen molar-refractivity contribution < 1.29 is 14.3 Å². The van der Waals surface area contributed by atoms with Crippen LogP contribution in [-0.4, -0.2) is 19.7 Å². The minimum atomic E-state index is -0.921. The van der Waals surface area contributed by atoms with Crippen molar-refractivity contribution >= 4 is 5.97 Å². The average molecular weight is 248 g/mol. The van der Waals surface area contributed by atoms with Crippen LogP contribution in [0.5, 0.6) is 0 Å². The fraction of sp³-hybridized carbons (Fsp3) is 0.533. The van der Waals surface area contributed by atoms with Crippen LogP contribution in [0.2, 0.25) is 0 Å². The molecule has 0 heterocycles. The van der Waals surface area contributed by atoms with Gasteiger partial charge in [0.15, 0.2) is 5.60 Å². The van der Waals surface area contributed by atoms with Gasteiger partial charge in [-0.25, -0.2) is 4.79 Å². The third-order valence-electron chi connectivity index (χ3n) is 3.78. The van der Waals surface area contributed by atoms with Crippen molar-refractivity contribution in [1.82, 2.24) is 0 Å². The standard InChI is InChI=1S/C15H20O3/c1-3-18-14(16)15(17-2,13-10-7-11-13)12-8-5-4-6-9-12/h4-6,8-9,13H,3,7,10-11H2,1-2H3. The first kappa shape index (κ1) is 13.1. The highest BCUT2D eigenvalue weighted by Gasteiger charge is 2.51. The Morgan fingerprint density at radius 2 is 2.00 bits per heavy atom. The van der Waals surface area contributed by atoms with E-state index < -0.39 is 5.60 Å². The number of ether oxygens (including phenoxy) is 2. The topological polar surface area (TPSA) is 35.5 Å². The Balaban J connectivity index is 2.40. The van der Waals surface area contributed by atoms with E-state index in [1.165, 1.54) is 0 Å². The number of rotatable bonds is 5. The molecule has 1 saturated carbocycles. The summed E-state index contributed by atoms with van der Waals surface area (Å²) in [5.41, 5.74) is -0.0224. The maximum absolute atomic E-state index is 12.4. The lowest BCUT2D eigenvalue weighted by Crippen LogP contribution is -2.48. The van der Waals surface area contributed by atoms with E-state index in [1.54, 1.807) is 7.11 Å². The van der Waals surface area contributed by atoms with E-state index in [-0.39, 0.29) is 11.9 Å². The summed E-state index contributed by atoms with van der Waals surface area (Å²) in [6, 6.07) is 9.69. The van der Waals surface area contributed by atoms with Gasteiger partial charge in [-0.2, -0.15) is 0 Å². The molecule has 0 amide bonds. The van der Waals surface area contributed by atoms with Gasteiger partial charge in [-0.3, -0.25) is 0 Å². The van der Waals surface area contributed by atoms with E-state index in [9.17, 15) is 4.79 Å². The summed E-state index contributed by atoms with van der Waals surface area (Å²) in [4.78, 5) is 12.4. The molecule has 0 aliphatic heterocycles. The fourth-order valence-electron chi connectivity index (χ4n) is 2.63. The lowest BCUT2D eigenvalue weighted by molar-refractivity contribution is -0.183. The molecule has 1 aromatic carbocycles. The van der Waals surface area contributed by atoms with Crippen LogP contribution in [0.1, 0.15) is 31.7 Å². The molecule has 1 aliphatic rings. The van der Waals surface area contributed by atoms with Crippen molar-refractivity contribution in [2.24, 2.45) is 5.92 Å².